The molecular weight excluding hydrogens is 264 g/mol. The van der Waals surface area contributed by atoms with E-state index in [9.17, 15) is 18.9 Å². The smallest absolute Gasteiger partial charge is 0.566 e. The first-order valence-corrected chi connectivity index (χ1v) is 4.89. The average molecular weight is 265 g/mol. The Kier molecular flexibility index (Phi) is 17.4. The van der Waals surface area contributed by atoms with Crippen LogP contribution in [0.1, 0.15) is 0 Å². The largest absolute Gasteiger partial charge is 1.00 e. The van der Waals surface area contributed by atoms with Crippen molar-refractivity contribution >= 4 is 32.4 Å². The molecule has 0 bridgehead atoms. The van der Waals surface area contributed by atoms with Crippen LogP contribution < -0.4 is 47.5 Å². The molecule has 0 aliphatic carbocycles. The molecule has 0 radical (unpaired) electrons. The first-order chi connectivity index (χ1) is 4.52. The maximum absolute atomic E-state index is 9.70. The first-order valence-electron chi connectivity index (χ1n) is 1.79. The van der Waals surface area contributed by atoms with Crippen LogP contribution >= 0.6 is 32.4 Å². The SMILES string of the molecule is O=[P+]([O-])OC(Br)O[P+](=O)[O-].[Li+].[Li+]. The van der Waals surface area contributed by atoms with Gasteiger partial charge in [-0.25, -0.2) is 0 Å². The molecule has 0 aliphatic rings. The van der Waals surface area contributed by atoms with Crippen molar-refractivity contribution in [2.75, 3.05) is 0 Å². The van der Waals surface area contributed by atoms with Gasteiger partial charge in [0, 0.05) is 0 Å². The summed E-state index contributed by atoms with van der Waals surface area (Å²) in [6.45, 7) is 0. The molecule has 0 heterocycles. The van der Waals surface area contributed by atoms with Crippen LogP contribution in [0, 0.1) is 0 Å². The van der Waals surface area contributed by atoms with Gasteiger partial charge in [-0.05, 0) is 25.1 Å². The van der Waals surface area contributed by atoms with Crippen LogP contribution in [0.4, 0.5) is 0 Å². The van der Waals surface area contributed by atoms with Gasteiger partial charge in [0.2, 0.25) is 0 Å². The Bertz CT molecular complexity index is 138. The molecule has 2 unspecified atom stereocenters. The quantitative estimate of drug-likeness (QED) is 0.217. The maximum atomic E-state index is 9.70. The fourth-order valence-corrected chi connectivity index (χ4v) is 1.40. The van der Waals surface area contributed by atoms with Crippen molar-refractivity contribution < 1.29 is 65.7 Å². The summed E-state index contributed by atoms with van der Waals surface area (Å²) in [6.07, 6.45) is 0. The van der Waals surface area contributed by atoms with E-state index in [0.29, 0.717) is 0 Å². The molecule has 0 saturated carbocycles. The third-order valence-electron chi connectivity index (χ3n) is 0.338. The standard InChI is InChI=1S/CHBrO6P2.2Li/c2-1(7-9(3)4)8-10(5)6;;/h1H;;/q;2*+1. The molecule has 0 fully saturated rings. The summed E-state index contributed by atoms with van der Waals surface area (Å²) < 4.78 is 27.0. The van der Waals surface area contributed by atoms with Gasteiger partial charge in [0.25, 0.3) is 0 Å². The van der Waals surface area contributed by atoms with Crippen molar-refractivity contribution in [1.29, 1.82) is 0 Å². The Balaban J connectivity index is -0.000000405. The average Bonchev–Trinajstić information content (AvgIpc) is 1.58. The molecule has 0 aromatic carbocycles. The van der Waals surface area contributed by atoms with Gasteiger partial charge >= 0.3 is 59.4 Å². The van der Waals surface area contributed by atoms with Crippen molar-refractivity contribution in [3.8, 4) is 0 Å². The molecule has 0 amide bonds. The first kappa shape index (κ1) is 19.3. The number of alkyl halides is 1. The Morgan fingerprint density at radius 3 is 1.50 bits per heavy atom. The molecular formula is CHBrLi2O6P2+2. The second kappa shape index (κ2) is 10.8. The van der Waals surface area contributed by atoms with Gasteiger partial charge in [-0.15, -0.1) is 0 Å². The van der Waals surface area contributed by atoms with Crippen molar-refractivity contribution in [3.63, 3.8) is 0 Å². The summed E-state index contributed by atoms with van der Waals surface area (Å²) in [5.74, 6) is 0. The van der Waals surface area contributed by atoms with E-state index in [2.05, 4.69) is 25.0 Å². The summed E-state index contributed by atoms with van der Waals surface area (Å²) in [7, 11) is -6.22. The summed E-state index contributed by atoms with van der Waals surface area (Å²) in [5, 5.41) is -1.46. The van der Waals surface area contributed by atoms with Crippen LogP contribution in [0.3, 0.4) is 0 Å². The topological polar surface area (TPSA) is 98.7 Å². The van der Waals surface area contributed by atoms with Crippen molar-refractivity contribution in [3.05, 3.63) is 0 Å². The van der Waals surface area contributed by atoms with E-state index < -0.39 is 21.7 Å². The van der Waals surface area contributed by atoms with E-state index in [1.165, 1.54) is 0 Å². The van der Waals surface area contributed by atoms with Crippen LogP contribution in [-0.2, 0) is 18.2 Å². The molecule has 0 rings (SSSR count). The van der Waals surface area contributed by atoms with Gasteiger partial charge in [-0.3, -0.25) is 0 Å². The molecule has 58 valence electrons. The number of halogens is 1. The Hall–Kier alpha value is 1.71. The monoisotopic (exact) mass is 264 g/mol. The van der Waals surface area contributed by atoms with Crippen LogP contribution in [0.15, 0.2) is 0 Å². The fraction of sp³-hybridized carbons (Fsp3) is 1.00. The fourth-order valence-electron chi connectivity index (χ4n) is 0.155. The molecule has 0 spiro atoms. The molecule has 12 heavy (non-hydrogen) atoms. The second-order valence-electron chi connectivity index (χ2n) is 0.932. The minimum atomic E-state index is -3.11. The van der Waals surface area contributed by atoms with E-state index in [4.69, 9.17) is 0 Å². The van der Waals surface area contributed by atoms with E-state index in [0.717, 1.165) is 0 Å². The van der Waals surface area contributed by atoms with E-state index in [-0.39, 0.29) is 37.7 Å². The molecule has 6 nitrogen and oxygen atoms in total. The zero-order valence-electron chi connectivity index (χ0n) is 6.30. The number of hydrogen-bond acceptors (Lipinski definition) is 6. The van der Waals surface area contributed by atoms with E-state index in [1.807, 2.05) is 0 Å². The molecule has 0 aliphatic heterocycles. The Labute approximate surface area is 103 Å². The van der Waals surface area contributed by atoms with Crippen molar-refractivity contribution in [2.24, 2.45) is 0 Å². The van der Waals surface area contributed by atoms with Crippen LogP contribution in [0.5, 0.6) is 0 Å². The molecule has 0 aromatic rings. The molecule has 0 saturated heterocycles. The molecule has 2 atom stereocenters. The summed E-state index contributed by atoms with van der Waals surface area (Å²) in [6, 6.07) is 0. The van der Waals surface area contributed by atoms with Gasteiger partial charge in [0.1, 0.15) is 0 Å². The zero-order chi connectivity index (χ0) is 8.15. The van der Waals surface area contributed by atoms with Crippen LogP contribution in [-0.4, -0.2) is 5.20 Å². The van der Waals surface area contributed by atoms with Gasteiger partial charge < -0.3 is 9.79 Å². The van der Waals surface area contributed by atoms with Gasteiger partial charge in [0.05, 0.1) is 0 Å². The molecule has 0 aromatic heterocycles. The van der Waals surface area contributed by atoms with Crippen LogP contribution in [0.25, 0.3) is 0 Å². The molecule has 11 heteroatoms. The third kappa shape index (κ3) is 14.3. The number of rotatable bonds is 4. The normalized spacial score (nSPS) is 13.6. The maximum Gasteiger partial charge on any atom is 1.00 e. The van der Waals surface area contributed by atoms with Crippen molar-refractivity contribution in [1.82, 2.24) is 0 Å². The Morgan fingerprint density at radius 1 is 1.08 bits per heavy atom. The zero-order valence-corrected chi connectivity index (χ0v) is 9.67. The summed E-state index contributed by atoms with van der Waals surface area (Å²) >= 11 is 2.47. The van der Waals surface area contributed by atoms with Crippen LogP contribution in [0.2, 0.25) is 0 Å². The summed E-state index contributed by atoms with van der Waals surface area (Å²) in [5.41, 5.74) is 0. The predicted octanol–water partition coefficient (Wildman–Crippen LogP) is -6.26. The molecule has 0 N–H and O–H groups in total. The van der Waals surface area contributed by atoms with Gasteiger partial charge in [0.15, 0.2) is 0 Å². The van der Waals surface area contributed by atoms with Crippen molar-refractivity contribution in [2.45, 2.75) is 5.20 Å². The van der Waals surface area contributed by atoms with Gasteiger partial charge in [-0.2, -0.15) is 0 Å². The minimum Gasteiger partial charge on any atom is -0.566 e. The number of hydrogen-bond donors (Lipinski definition) is 0. The van der Waals surface area contributed by atoms with E-state index >= 15 is 0 Å². The Morgan fingerprint density at radius 2 is 1.33 bits per heavy atom. The predicted molar refractivity (Wildman–Crippen MR) is 30.1 cm³/mol. The minimum absolute atomic E-state index is 0. The van der Waals surface area contributed by atoms with Gasteiger partial charge in [-0.1, -0.05) is 9.05 Å². The summed E-state index contributed by atoms with van der Waals surface area (Å²) in [4.78, 5) is 19.4. The second-order valence-corrected chi connectivity index (χ2v) is 3.00. The third-order valence-corrected chi connectivity index (χ3v) is 2.02. The van der Waals surface area contributed by atoms with E-state index in [1.54, 1.807) is 0 Å².